The first-order valence-corrected chi connectivity index (χ1v) is 9.28. The SMILES string of the molecule is C=C(C)C1CN(C(=O)C(C)C2CCCCC2)C[C@H]2[C@@H]1C2(C)C. The first-order chi connectivity index (χ1) is 10.3. The standard InChI is InChI=1S/C20H33NO/c1-13(2)16-11-21(12-17-18(16)20(17,4)5)19(22)14(3)15-9-7-6-8-10-15/h14-18H,1,6-12H2,2-5H3/t14?,16?,17-,18+/m0/s1. The molecule has 0 spiro atoms. The lowest BCUT2D eigenvalue weighted by atomic mass is 9.80. The quantitative estimate of drug-likeness (QED) is 0.702. The molecular formula is C20H33NO. The van der Waals surface area contributed by atoms with Crippen LogP contribution in [0.4, 0.5) is 0 Å². The van der Waals surface area contributed by atoms with Gasteiger partial charge in [-0.15, -0.1) is 0 Å². The minimum atomic E-state index is 0.212. The normalized spacial score (nSPS) is 35.6. The summed E-state index contributed by atoms with van der Waals surface area (Å²) in [6, 6.07) is 0. The van der Waals surface area contributed by atoms with Gasteiger partial charge in [0.1, 0.15) is 0 Å². The smallest absolute Gasteiger partial charge is 0.225 e. The maximum absolute atomic E-state index is 13.0. The average molecular weight is 303 g/mol. The molecule has 2 nitrogen and oxygen atoms in total. The summed E-state index contributed by atoms with van der Waals surface area (Å²) < 4.78 is 0. The average Bonchev–Trinajstić information content (AvgIpc) is 3.07. The molecule has 22 heavy (non-hydrogen) atoms. The number of rotatable bonds is 3. The minimum Gasteiger partial charge on any atom is -0.342 e. The Balaban J connectivity index is 1.69. The molecule has 1 amide bonds. The van der Waals surface area contributed by atoms with Crippen LogP contribution in [-0.2, 0) is 4.79 Å². The maximum atomic E-state index is 13.0. The lowest BCUT2D eigenvalue weighted by Crippen LogP contribution is -2.45. The number of carbonyl (C=O) groups excluding carboxylic acids is 1. The molecule has 1 aliphatic heterocycles. The van der Waals surface area contributed by atoms with Gasteiger partial charge in [-0.05, 0) is 42.9 Å². The van der Waals surface area contributed by atoms with Crippen LogP contribution in [0.25, 0.3) is 0 Å². The van der Waals surface area contributed by atoms with Gasteiger partial charge in [-0.3, -0.25) is 4.79 Å². The lowest BCUT2D eigenvalue weighted by molar-refractivity contribution is -0.139. The number of nitrogens with zero attached hydrogens (tertiary/aromatic N) is 1. The predicted octanol–water partition coefficient (Wildman–Crippen LogP) is 4.51. The molecule has 2 aliphatic carbocycles. The third-order valence-electron chi connectivity index (χ3n) is 7.10. The molecule has 3 aliphatic rings. The van der Waals surface area contributed by atoms with Crippen LogP contribution in [-0.4, -0.2) is 23.9 Å². The molecule has 0 aromatic heterocycles. The summed E-state index contributed by atoms with van der Waals surface area (Å²) in [6.07, 6.45) is 6.49. The summed E-state index contributed by atoms with van der Waals surface area (Å²) in [5.74, 6) is 3.19. The summed E-state index contributed by atoms with van der Waals surface area (Å²) >= 11 is 0. The number of fused-ring (bicyclic) bond motifs is 1. The molecule has 2 heteroatoms. The van der Waals surface area contributed by atoms with E-state index in [2.05, 4.69) is 39.2 Å². The number of amides is 1. The maximum Gasteiger partial charge on any atom is 0.225 e. The highest BCUT2D eigenvalue weighted by molar-refractivity contribution is 5.79. The molecule has 0 aromatic rings. The Hall–Kier alpha value is -0.790. The Kier molecular flexibility index (Phi) is 4.16. The Bertz CT molecular complexity index is 460. The van der Waals surface area contributed by atoms with Gasteiger partial charge in [0.2, 0.25) is 5.91 Å². The molecule has 124 valence electrons. The van der Waals surface area contributed by atoms with Gasteiger partial charge in [-0.1, -0.05) is 52.2 Å². The zero-order valence-corrected chi connectivity index (χ0v) is 14.9. The molecule has 3 fully saturated rings. The van der Waals surface area contributed by atoms with E-state index < -0.39 is 0 Å². The molecule has 0 aromatic carbocycles. The van der Waals surface area contributed by atoms with E-state index in [4.69, 9.17) is 0 Å². The van der Waals surface area contributed by atoms with Crippen LogP contribution in [0.3, 0.4) is 0 Å². The second-order valence-corrected chi connectivity index (χ2v) is 8.84. The van der Waals surface area contributed by atoms with Crippen LogP contribution < -0.4 is 0 Å². The lowest BCUT2D eigenvalue weighted by Gasteiger charge is -2.36. The van der Waals surface area contributed by atoms with E-state index in [1.165, 1.54) is 37.7 Å². The van der Waals surface area contributed by atoms with Crippen LogP contribution in [0.15, 0.2) is 12.2 Å². The molecule has 0 bridgehead atoms. The van der Waals surface area contributed by atoms with Crippen molar-refractivity contribution in [3.05, 3.63) is 12.2 Å². The molecule has 4 atom stereocenters. The largest absolute Gasteiger partial charge is 0.342 e. The molecule has 0 N–H and O–H groups in total. The van der Waals surface area contributed by atoms with Crippen LogP contribution in [0.5, 0.6) is 0 Å². The van der Waals surface area contributed by atoms with Crippen molar-refractivity contribution in [2.45, 2.75) is 59.8 Å². The van der Waals surface area contributed by atoms with Gasteiger partial charge in [-0.25, -0.2) is 0 Å². The summed E-state index contributed by atoms with van der Waals surface area (Å²) in [5.41, 5.74) is 1.66. The molecule has 2 unspecified atom stereocenters. The molecule has 3 rings (SSSR count). The van der Waals surface area contributed by atoms with Gasteiger partial charge < -0.3 is 4.90 Å². The second-order valence-electron chi connectivity index (χ2n) is 8.84. The summed E-state index contributed by atoms with van der Waals surface area (Å²) in [7, 11) is 0. The van der Waals surface area contributed by atoms with E-state index in [1.54, 1.807) is 0 Å². The highest BCUT2D eigenvalue weighted by Gasteiger charge is 2.63. The highest BCUT2D eigenvalue weighted by Crippen LogP contribution is 2.65. The van der Waals surface area contributed by atoms with Crippen molar-refractivity contribution in [1.82, 2.24) is 4.90 Å². The van der Waals surface area contributed by atoms with E-state index in [0.29, 0.717) is 29.1 Å². The number of piperidine rings is 1. The van der Waals surface area contributed by atoms with Gasteiger partial charge in [0.25, 0.3) is 0 Å². The first-order valence-electron chi connectivity index (χ1n) is 9.28. The van der Waals surface area contributed by atoms with Gasteiger partial charge in [0.05, 0.1) is 0 Å². The number of likely N-dealkylation sites (tertiary alicyclic amines) is 1. The van der Waals surface area contributed by atoms with Gasteiger partial charge in [0, 0.05) is 24.9 Å². The number of hydrogen-bond acceptors (Lipinski definition) is 1. The van der Waals surface area contributed by atoms with Crippen molar-refractivity contribution < 1.29 is 4.79 Å². The highest BCUT2D eigenvalue weighted by atomic mass is 16.2. The predicted molar refractivity (Wildman–Crippen MR) is 91.4 cm³/mol. The van der Waals surface area contributed by atoms with Crippen LogP contribution in [0, 0.1) is 35.0 Å². The number of carbonyl (C=O) groups is 1. The van der Waals surface area contributed by atoms with Gasteiger partial charge >= 0.3 is 0 Å². The van der Waals surface area contributed by atoms with Gasteiger partial charge in [0.15, 0.2) is 0 Å². The zero-order chi connectivity index (χ0) is 16.1. The van der Waals surface area contributed by atoms with Crippen molar-refractivity contribution in [3.8, 4) is 0 Å². The van der Waals surface area contributed by atoms with Crippen molar-refractivity contribution in [3.63, 3.8) is 0 Å². The summed E-state index contributed by atoms with van der Waals surface area (Å²) in [5, 5.41) is 0. The van der Waals surface area contributed by atoms with E-state index in [-0.39, 0.29) is 5.92 Å². The Morgan fingerprint density at radius 1 is 1.18 bits per heavy atom. The Morgan fingerprint density at radius 2 is 1.82 bits per heavy atom. The van der Waals surface area contributed by atoms with Crippen LogP contribution in [0.2, 0.25) is 0 Å². The minimum absolute atomic E-state index is 0.212. The third kappa shape index (κ3) is 2.63. The van der Waals surface area contributed by atoms with Crippen molar-refractivity contribution in [1.29, 1.82) is 0 Å². The third-order valence-corrected chi connectivity index (χ3v) is 7.10. The second kappa shape index (κ2) is 5.69. The van der Waals surface area contributed by atoms with E-state index in [1.807, 2.05) is 0 Å². The van der Waals surface area contributed by atoms with Crippen molar-refractivity contribution in [2.75, 3.05) is 13.1 Å². The zero-order valence-electron chi connectivity index (χ0n) is 14.9. The Morgan fingerprint density at radius 3 is 2.41 bits per heavy atom. The van der Waals surface area contributed by atoms with Crippen LogP contribution >= 0.6 is 0 Å². The topological polar surface area (TPSA) is 20.3 Å². The fraction of sp³-hybridized carbons (Fsp3) is 0.850. The van der Waals surface area contributed by atoms with Gasteiger partial charge in [-0.2, -0.15) is 0 Å². The van der Waals surface area contributed by atoms with Crippen LogP contribution in [0.1, 0.15) is 59.8 Å². The summed E-state index contributed by atoms with van der Waals surface area (Å²) in [4.78, 5) is 15.2. The molecule has 2 saturated carbocycles. The Labute approximate surface area is 136 Å². The molecule has 1 saturated heterocycles. The monoisotopic (exact) mass is 303 g/mol. The molecule has 1 heterocycles. The molecule has 0 radical (unpaired) electrons. The first kappa shape index (κ1) is 16.1. The fourth-order valence-corrected chi connectivity index (χ4v) is 5.36. The van der Waals surface area contributed by atoms with Crippen molar-refractivity contribution in [2.24, 2.45) is 35.0 Å². The number of hydrogen-bond donors (Lipinski definition) is 0. The fourth-order valence-electron chi connectivity index (χ4n) is 5.36. The van der Waals surface area contributed by atoms with E-state index in [0.717, 1.165) is 19.0 Å². The van der Waals surface area contributed by atoms with E-state index >= 15 is 0 Å². The molecular weight excluding hydrogens is 270 g/mol. The van der Waals surface area contributed by atoms with E-state index in [9.17, 15) is 4.79 Å². The summed E-state index contributed by atoms with van der Waals surface area (Å²) in [6.45, 7) is 15.2. The van der Waals surface area contributed by atoms with Crippen molar-refractivity contribution >= 4 is 5.91 Å².